The molecule has 1 atom stereocenters. The van der Waals surface area contributed by atoms with E-state index in [1.54, 1.807) is 35.5 Å². The zero-order valence-electron chi connectivity index (χ0n) is 13.6. The molecule has 0 spiro atoms. The van der Waals surface area contributed by atoms with Gasteiger partial charge in [-0.1, -0.05) is 30.3 Å². The number of carbonyl (C=O) groups excluding carboxylic acids is 1. The predicted molar refractivity (Wildman–Crippen MR) is 105 cm³/mol. The molecule has 0 aliphatic rings. The van der Waals surface area contributed by atoms with E-state index in [-0.39, 0.29) is 0 Å². The summed E-state index contributed by atoms with van der Waals surface area (Å²) in [6.45, 7) is 0. The van der Waals surface area contributed by atoms with Crippen molar-refractivity contribution in [1.29, 1.82) is 0 Å². The van der Waals surface area contributed by atoms with Crippen molar-refractivity contribution in [1.82, 2.24) is 9.71 Å². The number of hydrogen-bond acceptors (Lipinski definition) is 6. The fourth-order valence-electron chi connectivity index (χ4n) is 1.93. The lowest BCUT2D eigenvalue weighted by Gasteiger charge is -2.16. The molecule has 0 saturated heterocycles. The maximum Gasteiger partial charge on any atom is 0.244 e. The summed E-state index contributed by atoms with van der Waals surface area (Å²) < 4.78 is 27.0. The molecular formula is C16H19N3O3S3. The number of thioether (sulfide) groups is 1. The van der Waals surface area contributed by atoms with E-state index in [1.807, 2.05) is 24.5 Å². The molecule has 1 unspecified atom stereocenters. The minimum Gasteiger partial charge on any atom is -0.301 e. The molecule has 0 bridgehead atoms. The number of amides is 1. The number of nitrogens with zero attached hydrogens (tertiary/aromatic N) is 1. The lowest BCUT2D eigenvalue weighted by molar-refractivity contribution is -0.117. The van der Waals surface area contributed by atoms with Crippen molar-refractivity contribution in [3.05, 3.63) is 52.9 Å². The van der Waals surface area contributed by atoms with Gasteiger partial charge in [0.15, 0.2) is 5.13 Å². The summed E-state index contributed by atoms with van der Waals surface area (Å²) in [5.74, 6) is 0.238. The van der Waals surface area contributed by atoms with Crippen molar-refractivity contribution >= 4 is 50.2 Å². The molecule has 1 aromatic carbocycles. The second-order valence-electron chi connectivity index (χ2n) is 5.04. The number of anilines is 1. The van der Waals surface area contributed by atoms with E-state index in [1.165, 1.54) is 17.4 Å². The van der Waals surface area contributed by atoms with Gasteiger partial charge in [-0.3, -0.25) is 4.79 Å². The number of benzene rings is 1. The van der Waals surface area contributed by atoms with E-state index in [0.717, 1.165) is 11.0 Å². The summed E-state index contributed by atoms with van der Waals surface area (Å²) in [5.41, 5.74) is 0.765. The molecule has 25 heavy (non-hydrogen) atoms. The first kappa shape index (κ1) is 19.6. The highest BCUT2D eigenvalue weighted by Crippen LogP contribution is 2.12. The fourth-order valence-corrected chi connectivity index (χ4v) is 3.97. The second-order valence-corrected chi connectivity index (χ2v) is 8.51. The average molecular weight is 398 g/mol. The van der Waals surface area contributed by atoms with Gasteiger partial charge in [0.25, 0.3) is 0 Å². The van der Waals surface area contributed by atoms with Gasteiger partial charge in [-0.2, -0.15) is 16.5 Å². The summed E-state index contributed by atoms with van der Waals surface area (Å²) in [6.07, 6.45) is 5.35. The van der Waals surface area contributed by atoms with Crippen LogP contribution in [0.15, 0.2) is 47.3 Å². The molecule has 0 saturated carbocycles. The largest absolute Gasteiger partial charge is 0.301 e. The molecule has 6 nitrogen and oxygen atoms in total. The van der Waals surface area contributed by atoms with Crippen LogP contribution in [0.3, 0.4) is 0 Å². The Morgan fingerprint density at radius 1 is 1.36 bits per heavy atom. The van der Waals surface area contributed by atoms with Crippen LogP contribution in [-0.4, -0.2) is 37.4 Å². The van der Waals surface area contributed by atoms with E-state index >= 15 is 0 Å². The third-order valence-electron chi connectivity index (χ3n) is 3.14. The Morgan fingerprint density at radius 3 is 2.76 bits per heavy atom. The Labute approximate surface area is 155 Å². The average Bonchev–Trinajstić information content (AvgIpc) is 3.10. The minimum absolute atomic E-state index is 0.386. The van der Waals surface area contributed by atoms with E-state index in [4.69, 9.17) is 0 Å². The van der Waals surface area contributed by atoms with Gasteiger partial charge < -0.3 is 5.32 Å². The van der Waals surface area contributed by atoms with Crippen LogP contribution in [0.4, 0.5) is 5.13 Å². The Hall–Kier alpha value is -1.68. The van der Waals surface area contributed by atoms with E-state index in [9.17, 15) is 13.2 Å². The summed E-state index contributed by atoms with van der Waals surface area (Å²) in [6, 6.07) is 8.23. The first-order valence-electron chi connectivity index (χ1n) is 7.45. The highest BCUT2D eigenvalue weighted by molar-refractivity contribution is 7.98. The molecule has 0 aliphatic heterocycles. The topological polar surface area (TPSA) is 88.2 Å². The quantitative estimate of drug-likeness (QED) is 0.679. The highest BCUT2D eigenvalue weighted by Gasteiger charge is 2.23. The van der Waals surface area contributed by atoms with Gasteiger partial charge in [0.1, 0.15) is 6.04 Å². The fraction of sp³-hybridized carbons (Fsp3) is 0.250. The molecule has 134 valence electrons. The molecular weight excluding hydrogens is 378 g/mol. The predicted octanol–water partition coefficient (Wildman–Crippen LogP) is 2.79. The highest BCUT2D eigenvalue weighted by atomic mass is 32.2. The normalized spacial score (nSPS) is 13.0. The van der Waals surface area contributed by atoms with Gasteiger partial charge in [0, 0.05) is 17.0 Å². The minimum atomic E-state index is -3.75. The number of rotatable bonds is 9. The molecule has 9 heteroatoms. The summed E-state index contributed by atoms with van der Waals surface area (Å²) in [5, 5.41) is 5.89. The zero-order chi connectivity index (χ0) is 18.1. The van der Waals surface area contributed by atoms with Gasteiger partial charge in [0.2, 0.25) is 15.9 Å². The Kier molecular flexibility index (Phi) is 7.63. The third-order valence-corrected chi connectivity index (χ3v) is 5.58. The molecule has 1 aromatic heterocycles. The van der Waals surface area contributed by atoms with Gasteiger partial charge in [-0.15, -0.1) is 11.3 Å². The van der Waals surface area contributed by atoms with Crippen molar-refractivity contribution in [2.24, 2.45) is 0 Å². The van der Waals surface area contributed by atoms with Crippen LogP contribution < -0.4 is 10.0 Å². The molecule has 1 amide bonds. The summed E-state index contributed by atoms with van der Waals surface area (Å²) in [4.78, 5) is 16.3. The Morgan fingerprint density at radius 2 is 2.12 bits per heavy atom. The first-order chi connectivity index (χ1) is 12.0. The number of thiazole rings is 1. The molecule has 0 fully saturated rings. The maximum absolute atomic E-state index is 12.4. The second kappa shape index (κ2) is 9.71. The first-order valence-corrected chi connectivity index (χ1v) is 11.3. The molecule has 0 radical (unpaired) electrons. The van der Waals surface area contributed by atoms with Crippen LogP contribution in [-0.2, 0) is 14.8 Å². The van der Waals surface area contributed by atoms with Crippen molar-refractivity contribution < 1.29 is 13.2 Å². The number of sulfonamides is 1. The molecule has 2 rings (SSSR count). The van der Waals surface area contributed by atoms with Crippen LogP contribution in [0.25, 0.3) is 6.08 Å². The van der Waals surface area contributed by atoms with Gasteiger partial charge in [-0.05, 0) is 30.1 Å². The number of hydrogen-bond donors (Lipinski definition) is 2. The smallest absolute Gasteiger partial charge is 0.244 e. The Bertz CT molecular complexity index is 791. The number of aromatic nitrogens is 1. The standard InChI is InChI=1S/C16H19N3O3S3/c1-23-10-7-14(15(20)18-16-17-9-11-24-16)19-25(21,22)12-8-13-5-3-2-4-6-13/h2-6,8-9,11-12,14,19H,7,10H2,1H3,(H,17,18,20)/b12-8+. The van der Waals surface area contributed by atoms with Crippen LogP contribution in [0.5, 0.6) is 0 Å². The number of carbonyl (C=O) groups is 1. The third kappa shape index (κ3) is 6.99. The molecule has 1 heterocycles. The van der Waals surface area contributed by atoms with Crippen LogP contribution in [0.2, 0.25) is 0 Å². The zero-order valence-corrected chi connectivity index (χ0v) is 16.0. The van der Waals surface area contributed by atoms with Gasteiger partial charge in [-0.25, -0.2) is 13.4 Å². The lowest BCUT2D eigenvalue weighted by Crippen LogP contribution is -2.43. The van der Waals surface area contributed by atoms with Gasteiger partial charge in [0.05, 0.1) is 0 Å². The molecule has 0 aliphatic carbocycles. The Balaban J connectivity index is 2.06. The van der Waals surface area contributed by atoms with Gasteiger partial charge >= 0.3 is 0 Å². The monoisotopic (exact) mass is 397 g/mol. The van der Waals surface area contributed by atoms with Crippen molar-refractivity contribution in [2.45, 2.75) is 12.5 Å². The molecule has 2 aromatic rings. The van der Waals surface area contributed by atoms with E-state index < -0.39 is 22.0 Å². The lowest BCUT2D eigenvalue weighted by atomic mass is 10.2. The van der Waals surface area contributed by atoms with Crippen LogP contribution in [0, 0.1) is 0 Å². The van der Waals surface area contributed by atoms with Crippen LogP contribution >= 0.6 is 23.1 Å². The summed E-state index contributed by atoms with van der Waals surface area (Å²) >= 11 is 2.82. The molecule has 2 N–H and O–H groups in total. The number of nitrogens with one attached hydrogen (secondary N) is 2. The van der Waals surface area contributed by atoms with Crippen molar-refractivity contribution in [3.8, 4) is 0 Å². The summed E-state index contributed by atoms with van der Waals surface area (Å²) in [7, 11) is -3.75. The van der Waals surface area contributed by atoms with E-state index in [0.29, 0.717) is 17.3 Å². The van der Waals surface area contributed by atoms with Crippen LogP contribution in [0.1, 0.15) is 12.0 Å². The van der Waals surface area contributed by atoms with Crippen molar-refractivity contribution in [2.75, 3.05) is 17.3 Å². The van der Waals surface area contributed by atoms with E-state index in [2.05, 4.69) is 15.0 Å². The SMILES string of the molecule is CSCCC(NS(=O)(=O)/C=C/c1ccccc1)C(=O)Nc1nccs1. The van der Waals surface area contributed by atoms with Crippen molar-refractivity contribution in [3.63, 3.8) is 0 Å². The maximum atomic E-state index is 12.4.